The van der Waals surface area contributed by atoms with Crippen LogP contribution in [0.2, 0.25) is 0 Å². The molecule has 0 radical (unpaired) electrons. The number of carbonyl (C=O) groups is 1. The zero-order chi connectivity index (χ0) is 17.2. The Morgan fingerprint density at radius 3 is 3.16 bits per heavy atom. The molecule has 0 saturated carbocycles. The van der Waals surface area contributed by atoms with Gasteiger partial charge in [0.05, 0.1) is 0 Å². The van der Waals surface area contributed by atoms with Crippen LogP contribution in [0.1, 0.15) is 6.42 Å². The van der Waals surface area contributed by atoms with E-state index < -0.39 is 0 Å². The lowest BCUT2D eigenvalue weighted by atomic mass is 10.2. The molecule has 1 aliphatic heterocycles. The van der Waals surface area contributed by atoms with Gasteiger partial charge < -0.3 is 10.2 Å². The number of carbonyl (C=O) groups excluding carboxylic acids is 1. The zero-order valence-corrected chi connectivity index (χ0v) is 13.3. The summed E-state index contributed by atoms with van der Waals surface area (Å²) in [4.78, 5) is 30.2. The fourth-order valence-electron chi connectivity index (χ4n) is 2.95. The first kappa shape index (κ1) is 15.2. The first-order chi connectivity index (χ1) is 12.2. The standard InChI is InChI=1S/C15H16N8O2/c24-12(9-23-13(25)2-1-4-18-23)19-11-3-6-21(8-11)14-15-20-17-10-22(15)7-5-16-14/h1-2,4-5,7,10-11H,3,6,8-9H2,(H,19,24)/t11-/m1/s1. The van der Waals surface area contributed by atoms with Gasteiger partial charge in [-0.15, -0.1) is 10.2 Å². The molecular weight excluding hydrogens is 324 g/mol. The molecule has 0 spiro atoms. The second-order valence-electron chi connectivity index (χ2n) is 5.83. The first-order valence-corrected chi connectivity index (χ1v) is 7.91. The number of hydrogen-bond donors (Lipinski definition) is 1. The molecule has 1 atom stereocenters. The van der Waals surface area contributed by atoms with Crippen molar-refractivity contribution < 1.29 is 4.79 Å². The molecule has 3 aromatic heterocycles. The van der Waals surface area contributed by atoms with Crippen molar-refractivity contribution in [2.75, 3.05) is 18.0 Å². The van der Waals surface area contributed by atoms with E-state index in [1.807, 2.05) is 4.40 Å². The number of aromatic nitrogens is 6. The van der Waals surface area contributed by atoms with Crippen LogP contribution in [0.25, 0.3) is 5.65 Å². The molecule has 10 heteroatoms. The summed E-state index contributed by atoms with van der Waals surface area (Å²) in [5.41, 5.74) is 0.392. The van der Waals surface area contributed by atoms with Crippen molar-refractivity contribution in [1.82, 2.24) is 34.7 Å². The van der Waals surface area contributed by atoms with Gasteiger partial charge in [-0.2, -0.15) is 5.10 Å². The van der Waals surface area contributed by atoms with E-state index in [2.05, 4.69) is 30.5 Å². The Kier molecular flexibility index (Phi) is 3.84. The molecule has 0 aromatic carbocycles. The summed E-state index contributed by atoms with van der Waals surface area (Å²) < 4.78 is 2.95. The summed E-state index contributed by atoms with van der Waals surface area (Å²) in [6, 6.07) is 2.91. The number of anilines is 1. The highest BCUT2D eigenvalue weighted by Crippen LogP contribution is 2.21. The third kappa shape index (κ3) is 3.05. The fraction of sp³-hybridized carbons (Fsp3) is 0.333. The Hall–Kier alpha value is -3.30. The lowest BCUT2D eigenvalue weighted by Gasteiger charge is -2.18. The molecule has 3 aromatic rings. The van der Waals surface area contributed by atoms with Gasteiger partial charge in [0, 0.05) is 43.8 Å². The van der Waals surface area contributed by atoms with Gasteiger partial charge in [0.1, 0.15) is 12.9 Å². The number of nitrogens with zero attached hydrogens (tertiary/aromatic N) is 7. The molecule has 4 rings (SSSR count). The largest absolute Gasteiger partial charge is 0.351 e. The van der Waals surface area contributed by atoms with Crippen molar-refractivity contribution in [2.45, 2.75) is 19.0 Å². The summed E-state index contributed by atoms with van der Waals surface area (Å²) in [6.45, 7) is 1.30. The second-order valence-corrected chi connectivity index (χ2v) is 5.83. The number of amides is 1. The maximum Gasteiger partial charge on any atom is 0.267 e. The molecular formula is C15H16N8O2. The lowest BCUT2D eigenvalue weighted by molar-refractivity contribution is -0.122. The summed E-state index contributed by atoms with van der Waals surface area (Å²) in [5.74, 6) is 0.513. The Bertz CT molecular complexity index is 965. The molecule has 1 saturated heterocycles. The summed E-state index contributed by atoms with van der Waals surface area (Å²) in [7, 11) is 0. The van der Waals surface area contributed by atoms with Crippen molar-refractivity contribution in [2.24, 2.45) is 0 Å². The molecule has 128 valence electrons. The average molecular weight is 340 g/mol. The van der Waals surface area contributed by atoms with Crippen LogP contribution in [0.5, 0.6) is 0 Å². The van der Waals surface area contributed by atoms with Crippen LogP contribution in [0.3, 0.4) is 0 Å². The van der Waals surface area contributed by atoms with Crippen molar-refractivity contribution in [1.29, 1.82) is 0 Å². The average Bonchev–Trinajstić information content (AvgIpc) is 3.25. The van der Waals surface area contributed by atoms with E-state index in [0.717, 1.165) is 23.5 Å². The van der Waals surface area contributed by atoms with Gasteiger partial charge >= 0.3 is 0 Å². The second kappa shape index (κ2) is 6.30. The van der Waals surface area contributed by atoms with Crippen molar-refractivity contribution in [3.05, 3.63) is 47.4 Å². The maximum absolute atomic E-state index is 12.2. The Morgan fingerprint density at radius 2 is 2.28 bits per heavy atom. The van der Waals surface area contributed by atoms with E-state index in [9.17, 15) is 9.59 Å². The number of hydrogen-bond acceptors (Lipinski definition) is 7. The van der Waals surface area contributed by atoms with Gasteiger partial charge in [0.2, 0.25) is 11.6 Å². The number of nitrogens with one attached hydrogen (secondary N) is 1. The molecule has 1 amide bonds. The van der Waals surface area contributed by atoms with Crippen LogP contribution in [0.15, 0.2) is 41.8 Å². The number of fused-ring (bicyclic) bond motifs is 1. The number of rotatable bonds is 4. The normalized spacial score (nSPS) is 17.1. The zero-order valence-electron chi connectivity index (χ0n) is 13.3. The van der Waals surface area contributed by atoms with E-state index in [1.54, 1.807) is 24.8 Å². The van der Waals surface area contributed by atoms with E-state index >= 15 is 0 Å². The van der Waals surface area contributed by atoms with Gasteiger partial charge in [-0.05, 0) is 12.5 Å². The van der Waals surface area contributed by atoms with Gasteiger partial charge in [0.15, 0.2) is 5.82 Å². The molecule has 1 N–H and O–H groups in total. The predicted octanol–water partition coefficient (Wildman–Crippen LogP) is -0.924. The Morgan fingerprint density at radius 1 is 1.36 bits per heavy atom. The Labute approximate surface area is 142 Å². The molecule has 25 heavy (non-hydrogen) atoms. The van der Waals surface area contributed by atoms with Crippen LogP contribution in [-0.4, -0.2) is 54.4 Å². The first-order valence-electron chi connectivity index (χ1n) is 7.91. The maximum atomic E-state index is 12.2. The van der Waals surface area contributed by atoms with Gasteiger partial charge in [0.25, 0.3) is 5.56 Å². The van der Waals surface area contributed by atoms with Crippen LogP contribution < -0.4 is 15.8 Å². The minimum atomic E-state index is -0.298. The molecule has 0 aliphatic carbocycles. The molecule has 0 unspecified atom stereocenters. The molecule has 1 fully saturated rings. The van der Waals surface area contributed by atoms with Crippen LogP contribution in [0, 0.1) is 0 Å². The lowest BCUT2D eigenvalue weighted by Crippen LogP contribution is -2.40. The monoisotopic (exact) mass is 340 g/mol. The summed E-state index contributed by atoms with van der Waals surface area (Å²) in [6.07, 6.45) is 7.39. The van der Waals surface area contributed by atoms with Gasteiger partial charge in [-0.3, -0.25) is 14.0 Å². The third-order valence-corrected chi connectivity index (χ3v) is 4.13. The minimum absolute atomic E-state index is 0.0168. The Balaban J connectivity index is 1.41. The van der Waals surface area contributed by atoms with Crippen molar-refractivity contribution in [3.8, 4) is 0 Å². The van der Waals surface area contributed by atoms with Gasteiger partial charge in [-0.1, -0.05) is 0 Å². The SMILES string of the molecule is O=C(Cn1ncccc1=O)N[C@@H]1CCN(c2nccn3cnnc23)C1. The van der Waals surface area contributed by atoms with E-state index in [0.29, 0.717) is 12.2 Å². The van der Waals surface area contributed by atoms with E-state index in [1.165, 1.54) is 12.3 Å². The fourth-order valence-corrected chi connectivity index (χ4v) is 2.95. The predicted molar refractivity (Wildman–Crippen MR) is 88.0 cm³/mol. The molecule has 10 nitrogen and oxygen atoms in total. The smallest absolute Gasteiger partial charge is 0.267 e. The molecule has 0 bridgehead atoms. The van der Waals surface area contributed by atoms with Crippen LogP contribution >= 0.6 is 0 Å². The quantitative estimate of drug-likeness (QED) is 0.654. The summed E-state index contributed by atoms with van der Waals surface area (Å²) >= 11 is 0. The van der Waals surface area contributed by atoms with E-state index in [-0.39, 0.29) is 24.1 Å². The highest BCUT2D eigenvalue weighted by Gasteiger charge is 2.26. The van der Waals surface area contributed by atoms with Crippen molar-refractivity contribution in [3.63, 3.8) is 0 Å². The molecule has 4 heterocycles. The third-order valence-electron chi connectivity index (χ3n) is 4.13. The highest BCUT2D eigenvalue weighted by atomic mass is 16.2. The minimum Gasteiger partial charge on any atom is -0.351 e. The topological polar surface area (TPSA) is 110 Å². The van der Waals surface area contributed by atoms with Crippen LogP contribution in [-0.2, 0) is 11.3 Å². The van der Waals surface area contributed by atoms with Gasteiger partial charge in [-0.25, -0.2) is 9.67 Å². The van der Waals surface area contributed by atoms with Crippen LogP contribution in [0.4, 0.5) is 5.82 Å². The summed E-state index contributed by atoms with van der Waals surface area (Å²) in [5, 5.41) is 14.8. The van der Waals surface area contributed by atoms with E-state index in [4.69, 9.17) is 0 Å². The highest BCUT2D eigenvalue weighted by molar-refractivity contribution is 5.76. The van der Waals surface area contributed by atoms with Crippen molar-refractivity contribution >= 4 is 17.4 Å². The molecule has 1 aliphatic rings.